The standard InChI is InChI=1S/C23H26N4O3/c1-16-19(14-18-6-4-3-5-7-18)17(2)27-21(25-16)20(15-24-27)22(28)26-10-8-23(9-11-26)29-12-13-30-23/h3-7,15H,8-14H2,1-2H3. The zero-order valence-electron chi connectivity index (χ0n) is 17.4. The van der Waals surface area contributed by atoms with E-state index >= 15 is 0 Å². The quantitative estimate of drug-likeness (QED) is 0.669. The fourth-order valence-electron chi connectivity index (χ4n) is 4.52. The molecule has 0 aliphatic carbocycles. The van der Waals surface area contributed by atoms with Crippen LogP contribution in [0.5, 0.6) is 0 Å². The number of aromatic nitrogens is 3. The predicted octanol–water partition coefficient (Wildman–Crippen LogP) is 2.92. The molecule has 7 heteroatoms. The molecule has 7 nitrogen and oxygen atoms in total. The first-order valence-electron chi connectivity index (χ1n) is 10.5. The Bertz CT molecular complexity index is 1080. The molecule has 2 saturated heterocycles. The van der Waals surface area contributed by atoms with Crippen molar-refractivity contribution in [2.75, 3.05) is 26.3 Å². The average molecular weight is 406 g/mol. The Balaban J connectivity index is 1.41. The first-order valence-corrected chi connectivity index (χ1v) is 10.5. The van der Waals surface area contributed by atoms with Gasteiger partial charge in [0.25, 0.3) is 5.91 Å². The Morgan fingerprint density at radius 1 is 1.10 bits per heavy atom. The fourth-order valence-corrected chi connectivity index (χ4v) is 4.52. The number of likely N-dealkylation sites (tertiary alicyclic amines) is 1. The number of aryl methyl sites for hydroxylation is 2. The van der Waals surface area contributed by atoms with Gasteiger partial charge >= 0.3 is 0 Å². The van der Waals surface area contributed by atoms with Crippen LogP contribution in [0, 0.1) is 13.8 Å². The topological polar surface area (TPSA) is 69.0 Å². The molecule has 2 fully saturated rings. The van der Waals surface area contributed by atoms with Gasteiger partial charge in [-0.1, -0.05) is 30.3 Å². The van der Waals surface area contributed by atoms with E-state index in [-0.39, 0.29) is 5.91 Å². The van der Waals surface area contributed by atoms with Gasteiger partial charge in [0.05, 0.1) is 19.4 Å². The molecule has 0 atom stereocenters. The second kappa shape index (κ2) is 7.49. The van der Waals surface area contributed by atoms with Gasteiger partial charge in [-0.25, -0.2) is 9.50 Å². The zero-order valence-corrected chi connectivity index (χ0v) is 17.4. The number of carbonyl (C=O) groups is 1. The van der Waals surface area contributed by atoms with E-state index in [4.69, 9.17) is 14.5 Å². The molecule has 1 amide bonds. The number of amides is 1. The van der Waals surface area contributed by atoms with Crippen LogP contribution in [0.2, 0.25) is 0 Å². The van der Waals surface area contributed by atoms with Gasteiger partial charge in [0, 0.05) is 43.7 Å². The molecule has 0 N–H and O–H groups in total. The van der Waals surface area contributed by atoms with Gasteiger partial charge in [-0.3, -0.25) is 4.79 Å². The summed E-state index contributed by atoms with van der Waals surface area (Å²) >= 11 is 0. The van der Waals surface area contributed by atoms with Crippen LogP contribution in [0.15, 0.2) is 36.5 Å². The monoisotopic (exact) mass is 406 g/mol. The van der Waals surface area contributed by atoms with Gasteiger partial charge in [-0.15, -0.1) is 0 Å². The van der Waals surface area contributed by atoms with E-state index in [1.165, 1.54) is 5.56 Å². The number of fused-ring (bicyclic) bond motifs is 1. The van der Waals surface area contributed by atoms with Gasteiger partial charge in [0.15, 0.2) is 11.4 Å². The molecule has 0 saturated carbocycles. The Morgan fingerprint density at radius 3 is 2.50 bits per heavy atom. The summed E-state index contributed by atoms with van der Waals surface area (Å²) < 4.78 is 13.3. The van der Waals surface area contributed by atoms with Crippen LogP contribution >= 0.6 is 0 Å². The van der Waals surface area contributed by atoms with Crippen LogP contribution in [0.3, 0.4) is 0 Å². The molecule has 1 spiro atoms. The van der Waals surface area contributed by atoms with E-state index in [0.717, 1.165) is 23.4 Å². The molecule has 2 aliphatic heterocycles. The van der Waals surface area contributed by atoms with Gasteiger partial charge in [0.2, 0.25) is 0 Å². The lowest BCUT2D eigenvalue weighted by Gasteiger charge is -2.37. The fraction of sp³-hybridized carbons (Fsp3) is 0.435. The first kappa shape index (κ1) is 19.2. The predicted molar refractivity (Wildman–Crippen MR) is 111 cm³/mol. The van der Waals surface area contributed by atoms with Crippen LogP contribution < -0.4 is 0 Å². The second-order valence-electron chi connectivity index (χ2n) is 8.12. The first-order chi connectivity index (χ1) is 14.6. The Morgan fingerprint density at radius 2 is 1.80 bits per heavy atom. The second-order valence-corrected chi connectivity index (χ2v) is 8.12. The number of ether oxygens (including phenoxy) is 2. The summed E-state index contributed by atoms with van der Waals surface area (Å²) in [5.74, 6) is -0.518. The highest BCUT2D eigenvalue weighted by atomic mass is 16.7. The van der Waals surface area contributed by atoms with Crippen LogP contribution in [0.4, 0.5) is 0 Å². The summed E-state index contributed by atoms with van der Waals surface area (Å²) in [6.45, 7) is 6.54. The molecule has 2 aromatic heterocycles. The molecule has 0 radical (unpaired) electrons. The number of hydrogen-bond donors (Lipinski definition) is 0. The summed E-state index contributed by atoms with van der Waals surface area (Å²) in [7, 11) is 0. The SMILES string of the molecule is Cc1nc2c(C(=O)N3CCC4(CC3)OCCO4)cnn2c(C)c1Cc1ccccc1. The van der Waals surface area contributed by atoms with Crippen molar-refractivity contribution in [1.82, 2.24) is 19.5 Å². The number of rotatable bonds is 3. The number of piperidine rings is 1. The molecular weight excluding hydrogens is 380 g/mol. The van der Waals surface area contributed by atoms with Crippen LogP contribution in [0.25, 0.3) is 5.65 Å². The maximum Gasteiger partial charge on any atom is 0.259 e. The minimum Gasteiger partial charge on any atom is -0.347 e. The van der Waals surface area contributed by atoms with E-state index in [0.29, 0.717) is 50.4 Å². The van der Waals surface area contributed by atoms with Crippen LogP contribution in [0.1, 0.15) is 45.7 Å². The number of nitrogens with zero attached hydrogens (tertiary/aromatic N) is 4. The van der Waals surface area contributed by atoms with Gasteiger partial charge in [0.1, 0.15) is 5.56 Å². The van der Waals surface area contributed by atoms with E-state index < -0.39 is 5.79 Å². The Hall–Kier alpha value is -2.77. The average Bonchev–Trinajstić information content (AvgIpc) is 3.39. The summed E-state index contributed by atoms with van der Waals surface area (Å²) in [6.07, 6.45) is 3.84. The van der Waals surface area contributed by atoms with Gasteiger partial charge < -0.3 is 14.4 Å². The lowest BCUT2D eigenvalue weighted by atomic mass is 10.0. The van der Waals surface area contributed by atoms with Crippen molar-refractivity contribution in [3.8, 4) is 0 Å². The minimum atomic E-state index is -0.490. The highest BCUT2D eigenvalue weighted by Gasteiger charge is 2.41. The number of hydrogen-bond acceptors (Lipinski definition) is 5. The highest BCUT2D eigenvalue weighted by Crippen LogP contribution is 2.32. The van der Waals surface area contributed by atoms with Crippen LogP contribution in [-0.4, -0.2) is 57.5 Å². The summed E-state index contributed by atoms with van der Waals surface area (Å²) in [6, 6.07) is 10.3. The number of benzene rings is 1. The Labute approximate surface area is 175 Å². The van der Waals surface area contributed by atoms with Crippen molar-refractivity contribution in [2.24, 2.45) is 0 Å². The third-order valence-electron chi connectivity index (χ3n) is 6.29. The molecule has 0 unspecified atom stereocenters. The summed E-state index contributed by atoms with van der Waals surface area (Å²) in [4.78, 5) is 19.9. The molecular formula is C23H26N4O3. The molecule has 156 valence electrons. The lowest BCUT2D eigenvalue weighted by Crippen LogP contribution is -2.47. The summed E-state index contributed by atoms with van der Waals surface area (Å²) in [5.41, 5.74) is 5.50. The van der Waals surface area contributed by atoms with Crippen molar-refractivity contribution in [3.05, 3.63) is 64.6 Å². The largest absolute Gasteiger partial charge is 0.347 e. The molecule has 2 aliphatic rings. The maximum absolute atomic E-state index is 13.2. The molecule has 5 rings (SSSR count). The Kier molecular flexibility index (Phi) is 4.79. The van der Waals surface area contributed by atoms with Gasteiger partial charge in [-0.05, 0) is 25.0 Å². The highest BCUT2D eigenvalue weighted by molar-refractivity contribution is 5.99. The minimum absolute atomic E-state index is 0.0278. The van der Waals surface area contributed by atoms with E-state index in [2.05, 4.69) is 17.2 Å². The molecule has 1 aromatic carbocycles. The summed E-state index contributed by atoms with van der Waals surface area (Å²) in [5, 5.41) is 4.51. The van der Waals surface area contributed by atoms with Crippen molar-refractivity contribution < 1.29 is 14.3 Å². The third-order valence-corrected chi connectivity index (χ3v) is 6.29. The molecule has 3 aromatic rings. The smallest absolute Gasteiger partial charge is 0.259 e. The number of carbonyl (C=O) groups excluding carboxylic acids is 1. The van der Waals surface area contributed by atoms with Crippen molar-refractivity contribution in [3.63, 3.8) is 0 Å². The van der Waals surface area contributed by atoms with E-state index in [9.17, 15) is 4.79 Å². The lowest BCUT2D eigenvalue weighted by molar-refractivity contribution is -0.181. The molecule has 30 heavy (non-hydrogen) atoms. The molecule has 0 bridgehead atoms. The van der Waals surface area contributed by atoms with E-state index in [1.54, 1.807) is 10.7 Å². The van der Waals surface area contributed by atoms with Crippen molar-refractivity contribution in [1.29, 1.82) is 0 Å². The third kappa shape index (κ3) is 3.28. The van der Waals surface area contributed by atoms with Crippen molar-refractivity contribution >= 4 is 11.6 Å². The van der Waals surface area contributed by atoms with Gasteiger partial charge in [-0.2, -0.15) is 5.10 Å². The van der Waals surface area contributed by atoms with Crippen LogP contribution in [-0.2, 0) is 15.9 Å². The van der Waals surface area contributed by atoms with E-state index in [1.807, 2.05) is 36.9 Å². The van der Waals surface area contributed by atoms with Crippen molar-refractivity contribution in [2.45, 2.75) is 38.9 Å². The zero-order chi connectivity index (χ0) is 20.7. The maximum atomic E-state index is 13.2. The normalized spacial score (nSPS) is 18.4. The molecule has 4 heterocycles.